The minimum absolute atomic E-state index is 0.163. The zero-order valence-corrected chi connectivity index (χ0v) is 14.7. The number of aliphatic hydroxyl groups is 1. The Balaban J connectivity index is 1.79. The van der Waals surface area contributed by atoms with Crippen molar-refractivity contribution in [2.24, 2.45) is 0 Å². The highest BCUT2D eigenvalue weighted by Gasteiger charge is 2.35. The molecule has 1 heterocycles. The molecule has 5 nitrogen and oxygen atoms in total. The van der Waals surface area contributed by atoms with Gasteiger partial charge in [0.2, 0.25) is 0 Å². The number of carbonyl (C=O) groups is 1. The fourth-order valence-electron chi connectivity index (χ4n) is 3.42. The Bertz CT molecular complexity index is 772. The number of aromatic nitrogens is 2. The highest BCUT2D eigenvalue weighted by molar-refractivity contribution is 6.33. The molecule has 1 amide bonds. The van der Waals surface area contributed by atoms with Crippen LogP contribution >= 0.6 is 11.6 Å². The molecule has 1 aromatic carbocycles. The molecule has 2 aromatic rings. The first-order valence-corrected chi connectivity index (χ1v) is 8.66. The van der Waals surface area contributed by atoms with E-state index in [1.165, 1.54) is 0 Å². The van der Waals surface area contributed by atoms with Crippen molar-refractivity contribution in [2.75, 3.05) is 6.54 Å². The van der Waals surface area contributed by atoms with E-state index < -0.39 is 5.60 Å². The maximum atomic E-state index is 12.6. The predicted octanol–water partition coefficient (Wildman–Crippen LogP) is 2.82. The van der Waals surface area contributed by atoms with Gasteiger partial charge in [0.1, 0.15) is 10.8 Å². The zero-order valence-electron chi connectivity index (χ0n) is 14.0. The highest BCUT2D eigenvalue weighted by atomic mass is 35.5. The van der Waals surface area contributed by atoms with Crippen molar-refractivity contribution in [3.8, 4) is 0 Å². The first-order chi connectivity index (χ1) is 11.5. The molecule has 0 saturated carbocycles. The summed E-state index contributed by atoms with van der Waals surface area (Å²) in [4.78, 5) is 12.6. The fraction of sp³-hybridized carbons (Fsp3) is 0.444. The molecule has 1 aromatic heterocycles. The lowest BCUT2D eigenvalue weighted by Gasteiger charge is -2.34. The molecule has 2 N–H and O–H groups in total. The number of carbonyl (C=O) groups excluding carboxylic acids is 1. The molecule has 0 aliphatic heterocycles. The van der Waals surface area contributed by atoms with Gasteiger partial charge in [-0.1, -0.05) is 35.9 Å². The molecule has 1 aliphatic rings. The van der Waals surface area contributed by atoms with E-state index in [4.69, 9.17) is 11.6 Å². The second-order valence-electron chi connectivity index (χ2n) is 6.29. The van der Waals surface area contributed by atoms with Gasteiger partial charge in [-0.25, -0.2) is 0 Å². The lowest BCUT2D eigenvalue weighted by atomic mass is 9.79. The fourth-order valence-corrected chi connectivity index (χ4v) is 3.80. The quantitative estimate of drug-likeness (QED) is 0.893. The Labute approximate surface area is 146 Å². The van der Waals surface area contributed by atoms with Gasteiger partial charge in [-0.15, -0.1) is 0 Å². The Morgan fingerprint density at radius 3 is 2.92 bits per heavy atom. The van der Waals surface area contributed by atoms with E-state index in [1.807, 2.05) is 31.2 Å². The van der Waals surface area contributed by atoms with E-state index in [0.29, 0.717) is 29.4 Å². The number of hydrogen-bond donors (Lipinski definition) is 2. The summed E-state index contributed by atoms with van der Waals surface area (Å²) >= 11 is 6.24. The predicted molar refractivity (Wildman–Crippen MR) is 93.3 cm³/mol. The topological polar surface area (TPSA) is 67.2 Å². The third-order valence-electron chi connectivity index (χ3n) is 4.69. The van der Waals surface area contributed by atoms with Gasteiger partial charge >= 0.3 is 0 Å². The molecular formula is C18H22ClN3O2. The van der Waals surface area contributed by atoms with Crippen molar-refractivity contribution < 1.29 is 9.90 Å². The summed E-state index contributed by atoms with van der Waals surface area (Å²) in [7, 11) is 0. The Hall–Kier alpha value is -1.85. The summed E-state index contributed by atoms with van der Waals surface area (Å²) in [6.45, 7) is 4.44. The number of amides is 1. The summed E-state index contributed by atoms with van der Waals surface area (Å²) in [5, 5.41) is 18.5. The Morgan fingerprint density at radius 1 is 1.46 bits per heavy atom. The number of fused-ring (bicyclic) bond motifs is 1. The van der Waals surface area contributed by atoms with Crippen LogP contribution in [0.5, 0.6) is 0 Å². The largest absolute Gasteiger partial charge is 0.383 e. The Kier molecular flexibility index (Phi) is 4.65. The van der Waals surface area contributed by atoms with E-state index in [0.717, 1.165) is 24.0 Å². The van der Waals surface area contributed by atoms with Crippen LogP contribution in [-0.4, -0.2) is 27.3 Å². The van der Waals surface area contributed by atoms with Crippen LogP contribution in [0.2, 0.25) is 5.15 Å². The van der Waals surface area contributed by atoms with E-state index in [2.05, 4.69) is 10.4 Å². The van der Waals surface area contributed by atoms with E-state index in [9.17, 15) is 9.90 Å². The normalized spacial score (nSPS) is 19.8. The van der Waals surface area contributed by atoms with Gasteiger partial charge < -0.3 is 10.4 Å². The number of nitrogens with one attached hydrogen (secondary N) is 1. The van der Waals surface area contributed by atoms with Crippen LogP contribution in [0, 0.1) is 6.92 Å². The van der Waals surface area contributed by atoms with Crippen LogP contribution in [-0.2, 0) is 18.6 Å². The van der Waals surface area contributed by atoms with Crippen LogP contribution in [0.3, 0.4) is 0 Å². The number of halogens is 1. The summed E-state index contributed by atoms with van der Waals surface area (Å²) in [6, 6.07) is 7.87. The molecule has 0 spiro atoms. The van der Waals surface area contributed by atoms with Crippen molar-refractivity contribution in [2.45, 2.75) is 45.3 Å². The monoisotopic (exact) mass is 347 g/mol. The standard InChI is InChI=1S/C18H22ClN3O2/c1-3-22-16(19)15(12(2)21-22)17(23)20-11-18(24)10-6-8-13-7-4-5-9-14(13)18/h4-5,7,9,24H,3,6,8,10-11H2,1-2H3,(H,20,23). The van der Waals surface area contributed by atoms with Gasteiger partial charge in [0.15, 0.2) is 0 Å². The molecule has 0 radical (unpaired) electrons. The number of nitrogens with zero attached hydrogens (tertiary/aromatic N) is 2. The molecule has 1 unspecified atom stereocenters. The third kappa shape index (κ3) is 2.94. The average molecular weight is 348 g/mol. The smallest absolute Gasteiger partial charge is 0.256 e. The van der Waals surface area contributed by atoms with Gasteiger partial charge in [0, 0.05) is 6.54 Å². The van der Waals surface area contributed by atoms with Gasteiger partial charge in [-0.3, -0.25) is 9.48 Å². The van der Waals surface area contributed by atoms with Gasteiger partial charge in [0.05, 0.1) is 17.8 Å². The number of hydrogen-bond acceptors (Lipinski definition) is 3. The summed E-state index contributed by atoms with van der Waals surface area (Å²) < 4.78 is 1.59. The summed E-state index contributed by atoms with van der Waals surface area (Å²) in [6.07, 6.45) is 2.49. The van der Waals surface area contributed by atoms with Gasteiger partial charge in [0.25, 0.3) is 5.91 Å². The second kappa shape index (κ2) is 6.57. The maximum absolute atomic E-state index is 12.6. The lowest BCUT2D eigenvalue weighted by molar-refractivity contribution is 0.0189. The summed E-state index contributed by atoms with van der Waals surface area (Å²) in [5.74, 6) is -0.298. The molecule has 3 rings (SSSR count). The number of aryl methyl sites for hydroxylation is 3. The van der Waals surface area contributed by atoms with E-state index in [-0.39, 0.29) is 12.5 Å². The highest BCUT2D eigenvalue weighted by Crippen LogP contribution is 2.34. The molecule has 0 fully saturated rings. The number of rotatable bonds is 4. The van der Waals surface area contributed by atoms with Crippen molar-refractivity contribution >= 4 is 17.5 Å². The van der Waals surface area contributed by atoms with Crippen LogP contribution in [0.15, 0.2) is 24.3 Å². The number of benzene rings is 1. The molecule has 128 valence electrons. The van der Waals surface area contributed by atoms with Gasteiger partial charge in [-0.2, -0.15) is 5.10 Å². The molecule has 6 heteroatoms. The Morgan fingerprint density at radius 2 is 2.21 bits per heavy atom. The van der Waals surface area contributed by atoms with Crippen LogP contribution in [0.4, 0.5) is 0 Å². The molecular weight excluding hydrogens is 326 g/mol. The first-order valence-electron chi connectivity index (χ1n) is 8.28. The van der Waals surface area contributed by atoms with Gasteiger partial charge in [-0.05, 0) is 44.2 Å². The maximum Gasteiger partial charge on any atom is 0.256 e. The van der Waals surface area contributed by atoms with Crippen molar-refractivity contribution in [3.05, 3.63) is 51.8 Å². The SMILES string of the molecule is CCn1nc(C)c(C(=O)NCC2(O)CCCc3ccccc32)c1Cl. The zero-order chi connectivity index (χ0) is 17.3. The second-order valence-corrected chi connectivity index (χ2v) is 6.65. The van der Waals surface area contributed by atoms with E-state index in [1.54, 1.807) is 11.6 Å². The van der Waals surface area contributed by atoms with Crippen molar-refractivity contribution in [1.29, 1.82) is 0 Å². The van der Waals surface area contributed by atoms with Crippen LogP contribution in [0.1, 0.15) is 46.9 Å². The molecule has 0 bridgehead atoms. The minimum atomic E-state index is -1.04. The minimum Gasteiger partial charge on any atom is -0.383 e. The molecule has 24 heavy (non-hydrogen) atoms. The average Bonchev–Trinajstić information content (AvgIpc) is 2.87. The first kappa shape index (κ1) is 17.0. The third-order valence-corrected chi connectivity index (χ3v) is 5.07. The van der Waals surface area contributed by atoms with E-state index >= 15 is 0 Å². The van der Waals surface area contributed by atoms with Crippen LogP contribution < -0.4 is 5.32 Å². The van der Waals surface area contributed by atoms with Crippen molar-refractivity contribution in [3.63, 3.8) is 0 Å². The molecule has 1 atom stereocenters. The van der Waals surface area contributed by atoms with Crippen LogP contribution in [0.25, 0.3) is 0 Å². The van der Waals surface area contributed by atoms with Crippen molar-refractivity contribution in [1.82, 2.24) is 15.1 Å². The molecule has 0 saturated heterocycles. The summed E-state index contributed by atoms with van der Waals surface area (Å²) in [5.41, 5.74) is 1.99. The molecule has 1 aliphatic carbocycles. The lowest BCUT2D eigenvalue weighted by Crippen LogP contribution is -2.43.